The number of anilines is 1. The van der Waals surface area contributed by atoms with Gasteiger partial charge in [0.15, 0.2) is 0 Å². The summed E-state index contributed by atoms with van der Waals surface area (Å²) >= 11 is 0. The van der Waals surface area contributed by atoms with E-state index in [1.165, 1.54) is 10.8 Å². The SMILES string of the molecule is CCN(c1ncc(CN)c2ccccc12)C(C)CN(C)C. The average Bonchev–Trinajstić information content (AvgIpc) is 2.47. The molecule has 1 unspecified atom stereocenters. The maximum absolute atomic E-state index is 5.84. The molecule has 0 bridgehead atoms. The van der Waals surface area contributed by atoms with Gasteiger partial charge in [-0.25, -0.2) is 4.98 Å². The first-order valence-corrected chi connectivity index (χ1v) is 7.56. The molecule has 114 valence electrons. The average molecular weight is 286 g/mol. The van der Waals surface area contributed by atoms with Gasteiger partial charge in [-0.2, -0.15) is 0 Å². The van der Waals surface area contributed by atoms with Gasteiger partial charge in [-0.1, -0.05) is 24.3 Å². The fourth-order valence-corrected chi connectivity index (χ4v) is 2.93. The zero-order valence-corrected chi connectivity index (χ0v) is 13.5. The second-order valence-electron chi connectivity index (χ2n) is 5.75. The van der Waals surface area contributed by atoms with E-state index < -0.39 is 0 Å². The van der Waals surface area contributed by atoms with Crippen LogP contribution in [0.15, 0.2) is 30.5 Å². The Morgan fingerprint density at radius 3 is 2.43 bits per heavy atom. The molecular formula is C17H26N4. The molecule has 0 aliphatic rings. The van der Waals surface area contributed by atoms with Crippen molar-refractivity contribution in [2.75, 3.05) is 32.1 Å². The van der Waals surface area contributed by atoms with E-state index in [1.54, 1.807) is 0 Å². The number of pyridine rings is 1. The third-order valence-corrected chi connectivity index (χ3v) is 3.85. The van der Waals surface area contributed by atoms with Gasteiger partial charge in [0, 0.05) is 37.3 Å². The van der Waals surface area contributed by atoms with Crippen molar-refractivity contribution in [2.24, 2.45) is 5.73 Å². The van der Waals surface area contributed by atoms with Gasteiger partial charge < -0.3 is 15.5 Å². The van der Waals surface area contributed by atoms with Crippen molar-refractivity contribution in [3.63, 3.8) is 0 Å². The zero-order valence-electron chi connectivity index (χ0n) is 13.5. The maximum Gasteiger partial charge on any atom is 0.136 e. The van der Waals surface area contributed by atoms with E-state index in [1.807, 2.05) is 6.20 Å². The highest BCUT2D eigenvalue weighted by atomic mass is 15.2. The molecule has 1 heterocycles. The van der Waals surface area contributed by atoms with Crippen LogP contribution in [0.4, 0.5) is 5.82 Å². The van der Waals surface area contributed by atoms with Crippen LogP contribution in [0.3, 0.4) is 0 Å². The lowest BCUT2D eigenvalue weighted by Gasteiger charge is -2.32. The van der Waals surface area contributed by atoms with Crippen LogP contribution in [0, 0.1) is 0 Å². The minimum absolute atomic E-state index is 0.407. The number of fused-ring (bicyclic) bond motifs is 1. The van der Waals surface area contributed by atoms with Gasteiger partial charge in [0.25, 0.3) is 0 Å². The van der Waals surface area contributed by atoms with E-state index in [4.69, 9.17) is 10.7 Å². The Bertz CT molecular complexity index is 594. The quantitative estimate of drug-likeness (QED) is 0.886. The predicted octanol–water partition coefficient (Wildman–Crippen LogP) is 2.47. The summed E-state index contributed by atoms with van der Waals surface area (Å²) < 4.78 is 0. The van der Waals surface area contributed by atoms with Gasteiger partial charge in [0.1, 0.15) is 5.82 Å². The highest BCUT2D eigenvalue weighted by Gasteiger charge is 2.18. The van der Waals surface area contributed by atoms with Gasteiger partial charge in [-0.3, -0.25) is 0 Å². The third-order valence-electron chi connectivity index (χ3n) is 3.85. The van der Waals surface area contributed by atoms with E-state index in [0.29, 0.717) is 12.6 Å². The molecule has 0 saturated carbocycles. The van der Waals surface area contributed by atoms with E-state index in [-0.39, 0.29) is 0 Å². The van der Waals surface area contributed by atoms with Gasteiger partial charge in [-0.05, 0) is 38.9 Å². The highest BCUT2D eigenvalue weighted by Crippen LogP contribution is 2.28. The van der Waals surface area contributed by atoms with E-state index >= 15 is 0 Å². The molecule has 2 aromatic rings. The minimum Gasteiger partial charge on any atom is -0.352 e. The molecule has 0 amide bonds. The van der Waals surface area contributed by atoms with Gasteiger partial charge in [0.05, 0.1) is 0 Å². The van der Waals surface area contributed by atoms with Crippen LogP contribution >= 0.6 is 0 Å². The summed E-state index contributed by atoms with van der Waals surface area (Å²) in [5.41, 5.74) is 6.94. The molecule has 2 N–H and O–H groups in total. The van der Waals surface area contributed by atoms with Crippen LogP contribution in [-0.4, -0.2) is 43.1 Å². The van der Waals surface area contributed by atoms with Gasteiger partial charge >= 0.3 is 0 Å². The summed E-state index contributed by atoms with van der Waals surface area (Å²) in [5.74, 6) is 1.06. The van der Waals surface area contributed by atoms with Crippen molar-refractivity contribution in [1.29, 1.82) is 0 Å². The van der Waals surface area contributed by atoms with E-state index in [0.717, 1.165) is 24.5 Å². The van der Waals surface area contributed by atoms with Gasteiger partial charge in [-0.15, -0.1) is 0 Å². The number of nitrogens with zero attached hydrogens (tertiary/aromatic N) is 3. The minimum atomic E-state index is 0.407. The van der Waals surface area contributed by atoms with Crippen LogP contribution in [0.2, 0.25) is 0 Å². The van der Waals surface area contributed by atoms with Crippen LogP contribution in [0.1, 0.15) is 19.4 Å². The van der Waals surface area contributed by atoms with Crippen molar-refractivity contribution in [3.05, 3.63) is 36.0 Å². The fraction of sp³-hybridized carbons (Fsp3) is 0.471. The summed E-state index contributed by atoms with van der Waals surface area (Å²) in [5, 5.41) is 2.40. The summed E-state index contributed by atoms with van der Waals surface area (Å²) in [4.78, 5) is 9.28. The molecule has 0 aliphatic heterocycles. The lowest BCUT2D eigenvalue weighted by Crippen LogP contribution is -2.40. The summed E-state index contributed by atoms with van der Waals surface area (Å²) in [7, 11) is 4.21. The van der Waals surface area contributed by atoms with Crippen LogP contribution in [-0.2, 0) is 6.54 Å². The molecule has 0 saturated heterocycles. The Kier molecular flexibility index (Phi) is 5.15. The smallest absolute Gasteiger partial charge is 0.136 e. The first-order valence-electron chi connectivity index (χ1n) is 7.56. The Morgan fingerprint density at radius 1 is 1.19 bits per heavy atom. The molecule has 0 fully saturated rings. The fourth-order valence-electron chi connectivity index (χ4n) is 2.93. The maximum atomic E-state index is 5.84. The normalized spacial score (nSPS) is 12.9. The first kappa shape index (κ1) is 15.7. The number of benzene rings is 1. The molecule has 1 aromatic heterocycles. The lowest BCUT2D eigenvalue weighted by atomic mass is 10.1. The lowest BCUT2D eigenvalue weighted by molar-refractivity contribution is 0.372. The monoisotopic (exact) mass is 286 g/mol. The first-order chi connectivity index (χ1) is 10.1. The molecule has 0 spiro atoms. The zero-order chi connectivity index (χ0) is 15.4. The molecular weight excluding hydrogens is 260 g/mol. The Hall–Kier alpha value is -1.65. The number of hydrogen-bond acceptors (Lipinski definition) is 4. The van der Waals surface area contributed by atoms with E-state index in [9.17, 15) is 0 Å². The number of hydrogen-bond donors (Lipinski definition) is 1. The van der Waals surface area contributed by atoms with Crippen LogP contribution < -0.4 is 10.6 Å². The molecule has 4 nitrogen and oxygen atoms in total. The molecule has 21 heavy (non-hydrogen) atoms. The van der Waals surface area contributed by atoms with Crippen molar-refractivity contribution in [2.45, 2.75) is 26.4 Å². The van der Waals surface area contributed by atoms with Crippen LogP contribution in [0.25, 0.3) is 10.8 Å². The number of rotatable bonds is 6. The molecule has 1 aromatic carbocycles. The van der Waals surface area contributed by atoms with E-state index in [2.05, 4.69) is 62.0 Å². The number of aromatic nitrogens is 1. The molecule has 0 radical (unpaired) electrons. The summed E-state index contributed by atoms with van der Waals surface area (Å²) in [6.45, 7) is 6.89. The highest BCUT2D eigenvalue weighted by molar-refractivity contribution is 5.94. The number of nitrogens with two attached hydrogens (primary N) is 1. The Balaban J connectivity index is 2.49. The number of likely N-dealkylation sites (N-methyl/N-ethyl adjacent to an activating group) is 2. The van der Waals surface area contributed by atoms with Crippen molar-refractivity contribution in [1.82, 2.24) is 9.88 Å². The second-order valence-corrected chi connectivity index (χ2v) is 5.75. The molecule has 1 atom stereocenters. The van der Waals surface area contributed by atoms with Crippen molar-refractivity contribution < 1.29 is 0 Å². The molecule has 4 heteroatoms. The molecule has 2 rings (SSSR count). The third kappa shape index (κ3) is 3.34. The summed E-state index contributed by atoms with van der Waals surface area (Å²) in [6, 6.07) is 8.81. The Labute approximate surface area is 127 Å². The van der Waals surface area contributed by atoms with Crippen molar-refractivity contribution in [3.8, 4) is 0 Å². The topological polar surface area (TPSA) is 45.4 Å². The molecule has 0 aliphatic carbocycles. The summed E-state index contributed by atoms with van der Waals surface area (Å²) in [6.07, 6.45) is 1.92. The second kappa shape index (κ2) is 6.87. The largest absolute Gasteiger partial charge is 0.352 e. The van der Waals surface area contributed by atoms with Gasteiger partial charge in [0.2, 0.25) is 0 Å². The predicted molar refractivity (Wildman–Crippen MR) is 90.7 cm³/mol. The van der Waals surface area contributed by atoms with Crippen molar-refractivity contribution >= 4 is 16.6 Å². The van der Waals surface area contributed by atoms with Crippen LogP contribution in [0.5, 0.6) is 0 Å². The standard InChI is InChI=1S/C17H26N4/c1-5-21(13(2)12-20(3)4)17-16-9-7-6-8-15(16)14(10-18)11-19-17/h6-9,11,13H,5,10,12,18H2,1-4H3. The Morgan fingerprint density at radius 2 is 1.86 bits per heavy atom.